The molecule has 0 aliphatic carbocycles. The minimum atomic E-state index is -0.164. The number of halogens is 1. The van der Waals surface area contributed by atoms with Gasteiger partial charge in [-0.05, 0) is 23.8 Å². The number of hydrogen-bond donors (Lipinski definition) is 0. The van der Waals surface area contributed by atoms with Gasteiger partial charge in [0.05, 0.1) is 12.1 Å². The van der Waals surface area contributed by atoms with Crippen LogP contribution in [0.5, 0.6) is 0 Å². The first-order chi connectivity index (χ1) is 11.7. The Hall–Kier alpha value is -2.02. The number of nitrogens with zero attached hydrogens (tertiary/aromatic N) is 4. The number of benzene rings is 1. The van der Waals surface area contributed by atoms with Crippen LogP contribution in [-0.2, 0) is 11.3 Å². The molecule has 0 saturated carbocycles. The largest absolute Gasteiger partial charge is 0.367 e. The Balaban J connectivity index is 1.56. The maximum absolute atomic E-state index is 6.28. The van der Waals surface area contributed by atoms with Crippen molar-refractivity contribution in [2.75, 3.05) is 19.7 Å². The molecule has 1 unspecified atom stereocenters. The second-order valence-electron chi connectivity index (χ2n) is 5.87. The van der Waals surface area contributed by atoms with Crippen molar-refractivity contribution in [3.8, 4) is 0 Å². The van der Waals surface area contributed by atoms with Crippen molar-refractivity contribution in [1.29, 1.82) is 0 Å². The number of ether oxygens (including phenoxy) is 1. The fraction of sp³-hybridized carbons (Fsp3) is 0.353. The van der Waals surface area contributed by atoms with E-state index in [0.29, 0.717) is 18.3 Å². The maximum Gasteiger partial charge on any atom is 0.223 e. The van der Waals surface area contributed by atoms with Gasteiger partial charge in [0.1, 0.15) is 6.10 Å². The highest BCUT2D eigenvalue weighted by molar-refractivity contribution is 6.35. The van der Waals surface area contributed by atoms with Gasteiger partial charge in [-0.2, -0.15) is 4.98 Å². The molecular formula is C17H17ClN4O2. The average molecular weight is 345 g/mol. The lowest BCUT2D eigenvalue weighted by molar-refractivity contribution is -0.0379. The van der Waals surface area contributed by atoms with Crippen molar-refractivity contribution in [1.82, 2.24) is 20.0 Å². The van der Waals surface area contributed by atoms with Crippen LogP contribution in [0, 0.1) is 6.92 Å². The van der Waals surface area contributed by atoms with Gasteiger partial charge in [0.25, 0.3) is 0 Å². The fourth-order valence-corrected chi connectivity index (χ4v) is 3.23. The van der Waals surface area contributed by atoms with E-state index in [0.717, 1.165) is 41.1 Å². The van der Waals surface area contributed by atoms with Gasteiger partial charge in [-0.15, -0.1) is 0 Å². The van der Waals surface area contributed by atoms with Gasteiger partial charge in [0.2, 0.25) is 11.7 Å². The highest BCUT2D eigenvalue weighted by Crippen LogP contribution is 2.27. The quantitative estimate of drug-likeness (QED) is 0.727. The molecule has 1 aliphatic heterocycles. The molecule has 2 aromatic heterocycles. The first kappa shape index (κ1) is 15.5. The van der Waals surface area contributed by atoms with E-state index in [9.17, 15) is 0 Å². The van der Waals surface area contributed by atoms with Crippen molar-refractivity contribution < 1.29 is 9.26 Å². The summed E-state index contributed by atoms with van der Waals surface area (Å²) in [6.07, 6.45) is 1.63. The van der Waals surface area contributed by atoms with Crippen LogP contribution in [0.4, 0.5) is 0 Å². The highest BCUT2D eigenvalue weighted by Gasteiger charge is 2.26. The number of morpholine rings is 1. The van der Waals surface area contributed by atoms with Crippen molar-refractivity contribution in [2.24, 2.45) is 0 Å². The summed E-state index contributed by atoms with van der Waals surface area (Å²) in [5, 5.41) is 5.68. The van der Waals surface area contributed by atoms with Gasteiger partial charge < -0.3 is 9.26 Å². The van der Waals surface area contributed by atoms with Crippen LogP contribution in [0.1, 0.15) is 23.4 Å². The molecule has 1 aromatic carbocycles. The summed E-state index contributed by atoms with van der Waals surface area (Å²) in [7, 11) is 0. The van der Waals surface area contributed by atoms with Gasteiger partial charge in [-0.3, -0.25) is 9.88 Å². The number of aromatic nitrogens is 3. The molecule has 3 aromatic rings. The standard InChI is InChI=1S/C17H17ClN4O2/c1-11-20-17(21-24-11)15-10-22(7-8-23-15)9-12-4-5-14(18)13-3-2-6-19-16(12)13/h2-6,15H,7-10H2,1H3. The van der Waals surface area contributed by atoms with E-state index in [1.807, 2.05) is 24.3 Å². The molecule has 1 aliphatic rings. The zero-order chi connectivity index (χ0) is 16.5. The van der Waals surface area contributed by atoms with Crippen molar-refractivity contribution in [3.63, 3.8) is 0 Å². The number of hydrogen-bond acceptors (Lipinski definition) is 6. The monoisotopic (exact) mass is 344 g/mol. The molecule has 24 heavy (non-hydrogen) atoms. The molecule has 0 spiro atoms. The summed E-state index contributed by atoms with van der Waals surface area (Å²) < 4.78 is 10.8. The summed E-state index contributed by atoms with van der Waals surface area (Å²) in [5.74, 6) is 1.16. The number of pyridine rings is 1. The third-order valence-corrected chi connectivity index (χ3v) is 4.51. The van der Waals surface area contributed by atoms with E-state index in [1.165, 1.54) is 0 Å². The van der Waals surface area contributed by atoms with Crippen LogP contribution in [-0.4, -0.2) is 39.7 Å². The highest BCUT2D eigenvalue weighted by atomic mass is 35.5. The third kappa shape index (κ3) is 3.00. The molecule has 0 radical (unpaired) electrons. The first-order valence-electron chi connectivity index (χ1n) is 7.87. The number of fused-ring (bicyclic) bond motifs is 1. The molecule has 0 bridgehead atoms. The Morgan fingerprint density at radius 1 is 1.33 bits per heavy atom. The molecule has 7 heteroatoms. The topological polar surface area (TPSA) is 64.3 Å². The normalized spacial score (nSPS) is 19.0. The summed E-state index contributed by atoms with van der Waals surface area (Å²) >= 11 is 6.28. The molecule has 3 heterocycles. The molecule has 0 amide bonds. The fourth-order valence-electron chi connectivity index (χ4n) is 3.01. The lowest BCUT2D eigenvalue weighted by atomic mass is 10.1. The average Bonchev–Trinajstić information content (AvgIpc) is 3.05. The summed E-state index contributed by atoms with van der Waals surface area (Å²) in [6.45, 7) is 4.77. The lowest BCUT2D eigenvalue weighted by Gasteiger charge is -2.31. The maximum atomic E-state index is 6.28. The Bertz CT molecular complexity index is 867. The van der Waals surface area contributed by atoms with E-state index >= 15 is 0 Å². The first-order valence-corrected chi connectivity index (χ1v) is 8.25. The molecule has 4 rings (SSSR count). The van der Waals surface area contributed by atoms with Gasteiger partial charge in [-0.1, -0.05) is 22.8 Å². The smallest absolute Gasteiger partial charge is 0.223 e. The van der Waals surface area contributed by atoms with Gasteiger partial charge in [0, 0.05) is 43.2 Å². The second-order valence-corrected chi connectivity index (χ2v) is 6.28. The van der Waals surface area contributed by atoms with Gasteiger partial charge in [0.15, 0.2) is 0 Å². The minimum Gasteiger partial charge on any atom is -0.367 e. The number of aryl methyl sites for hydroxylation is 1. The molecule has 0 N–H and O–H groups in total. The Kier molecular flexibility index (Phi) is 4.18. The minimum absolute atomic E-state index is 0.164. The molecule has 124 valence electrons. The van der Waals surface area contributed by atoms with Crippen LogP contribution >= 0.6 is 11.6 Å². The van der Waals surface area contributed by atoms with Crippen LogP contribution in [0.25, 0.3) is 10.9 Å². The molecule has 1 fully saturated rings. The summed E-state index contributed by atoms with van der Waals surface area (Å²) in [5.41, 5.74) is 2.10. The Morgan fingerprint density at radius 3 is 3.08 bits per heavy atom. The Morgan fingerprint density at radius 2 is 2.25 bits per heavy atom. The van der Waals surface area contributed by atoms with Crippen LogP contribution in [0.3, 0.4) is 0 Å². The van der Waals surface area contributed by atoms with Gasteiger partial charge >= 0.3 is 0 Å². The summed E-state index contributed by atoms with van der Waals surface area (Å²) in [6, 6.07) is 7.88. The molecule has 1 atom stereocenters. The summed E-state index contributed by atoms with van der Waals surface area (Å²) in [4.78, 5) is 11.1. The van der Waals surface area contributed by atoms with Crippen LogP contribution in [0.15, 0.2) is 35.0 Å². The van der Waals surface area contributed by atoms with E-state index in [-0.39, 0.29) is 6.10 Å². The molecule has 1 saturated heterocycles. The zero-order valence-corrected chi connectivity index (χ0v) is 14.0. The molecule has 6 nitrogen and oxygen atoms in total. The zero-order valence-electron chi connectivity index (χ0n) is 13.3. The third-order valence-electron chi connectivity index (χ3n) is 4.18. The van der Waals surface area contributed by atoms with Crippen molar-refractivity contribution in [3.05, 3.63) is 52.8 Å². The van der Waals surface area contributed by atoms with E-state index in [4.69, 9.17) is 20.9 Å². The van der Waals surface area contributed by atoms with Crippen LogP contribution in [0.2, 0.25) is 5.02 Å². The van der Waals surface area contributed by atoms with Crippen molar-refractivity contribution >= 4 is 22.5 Å². The second kappa shape index (κ2) is 6.47. The van der Waals surface area contributed by atoms with E-state index in [1.54, 1.807) is 13.1 Å². The van der Waals surface area contributed by atoms with Gasteiger partial charge in [-0.25, -0.2) is 0 Å². The SMILES string of the molecule is Cc1nc(C2CN(Cc3ccc(Cl)c4cccnc34)CCO2)no1. The number of rotatable bonds is 3. The predicted molar refractivity (Wildman–Crippen MR) is 89.8 cm³/mol. The molecular weight excluding hydrogens is 328 g/mol. The predicted octanol–water partition coefficient (Wildman–Crippen LogP) is 3.15. The van der Waals surface area contributed by atoms with Crippen molar-refractivity contribution in [2.45, 2.75) is 19.6 Å². The Labute approximate surface area is 144 Å². The van der Waals surface area contributed by atoms with Crippen LogP contribution < -0.4 is 0 Å². The lowest BCUT2D eigenvalue weighted by Crippen LogP contribution is -2.38. The van der Waals surface area contributed by atoms with E-state index in [2.05, 4.69) is 20.0 Å². The van der Waals surface area contributed by atoms with E-state index < -0.39 is 0 Å².